The molecule has 2 rings (SSSR count). The highest BCUT2D eigenvalue weighted by Gasteiger charge is 2.56. The van der Waals surface area contributed by atoms with Gasteiger partial charge in [0.2, 0.25) is 5.91 Å². The monoisotopic (exact) mass is 290 g/mol. The molecular weight excluding hydrogens is 272 g/mol. The quantitative estimate of drug-likeness (QED) is 0.788. The van der Waals surface area contributed by atoms with Crippen LogP contribution in [0, 0.1) is 5.41 Å². The molecule has 21 heavy (non-hydrogen) atoms. The number of hydrogen-bond donors (Lipinski definition) is 2. The van der Waals surface area contributed by atoms with E-state index in [-0.39, 0.29) is 12.5 Å². The van der Waals surface area contributed by atoms with Gasteiger partial charge in [-0.25, -0.2) is 0 Å². The second-order valence-corrected chi connectivity index (χ2v) is 5.47. The highest BCUT2D eigenvalue weighted by atomic mass is 16.4. The minimum Gasteiger partial charge on any atom is -0.480 e. The average molecular weight is 290 g/mol. The molecule has 0 aliphatic heterocycles. The standard InChI is InChI=1S/C15H18N2O4/c1-17(2)12(18)11-5-3-4-10(8-11)9-16-13(19)15(6-7-15)14(20)21/h3-5,8H,6-7,9H2,1-2H3,(H,16,19)(H,20,21). The zero-order chi connectivity index (χ0) is 15.6. The van der Waals surface area contributed by atoms with Crippen molar-refractivity contribution in [2.24, 2.45) is 5.41 Å². The van der Waals surface area contributed by atoms with E-state index < -0.39 is 17.3 Å². The van der Waals surface area contributed by atoms with E-state index in [1.165, 1.54) is 4.90 Å². The van der Waals surface area contributed by atoms with E-state index >= 15 is 0 Å². The summed E-state index contributed by atoms with van der Waals surface area (Å²) in [5.41, 5.74) is 0.0558. The van der Waals surface area contributed by atoms with Crippen LogP contribution in [0.25, 0.3) is 0 Å². The molecule has 112 valence electrons. The van der Waals surface area contributed by atoms with Gasteiger partial charge in [0.25, 0.3) is 5.91 Å². The molecule has 0 spiro atoms. The highest BCUT2D eigenvalue weighted by molar-refractivity contribution is 6.04. The number of rotatable bonds is 5. The minimum absolute atomic E-state index is 0.118. The third-order valence-corrected chi connectivity index (χ3v) is 3.63. The number of carbonyl (C=O) groups is 3. The molecule has 1 aliphatic rings. The van der Waals surface area contributed by atoms with Gasteiger partial charge in [0.1, 0.15) is 5.41 Å². The van der Waals surface area contributed by atoms with Gasteiger partial charge in [-0.3, -0.25) is 14.4 Å². The maximum absolute atomic E-state index is 11.9. The smallest absolute Gasteiger partial charge is 0.319 e. The maximum atomic E-state index is 11.9. The molecule has 0 saturated heterocycles. The molecule has 0 radical (unpaired) electrons. The number of carboxylic acid groups (broad SMARTS) is 1. The molecule has 1 aliphatic carbocycles. The Morgan fingerprint density at radius 3 is 2.48 bits per heavy atom. The zero-order valence-electron chi connectivity index (χ0n) is 12.0. The van der Waals surface area contributed by atoms with Crippen LogP contribution in [0.4, 0.5) is 0 Å². The van der Waals surface area contributed by atoms with Gasteiger partial charge in [0, 0.05) is 26.2 Å². The number of carboxylic acids is 1. The van der Waals surface area contributed by atoms with E-state index in [4.69, 9.17) is 5.11 Å². The molecule has 0 heterocycles. The van der Waals surface area contributed by atoms with Crippen LogP contribution in [0.3, 0.4) is 0 Å². The van der Waals surface area contributed by atoms with Crippen molar-refractivity contribution in [1.82, 2.24) is 10.2 Å². The lowest BCUT2D eigenvalue weighted by atomic mass is 10.1. The molecular formula is C15H18N2O4. The van der Waals surface area contributed by atoms with Gasteiger partial charge < -0.3 is 15.3 Å². The summed E-state index contributed by atoms with van der Waals surface area (Å²) < 4.78 is 0. The third kappa shape index (κ3) is 3.04. The van der Waals surface area contributed by atoms with Crippen molar-refractivity contribution in [3.8, 4) is 0 Å². The van der Waals surface area contributed by atoms with Gasteiger partial charge in [0.05, 0.1) is 0 Å². The topological polar surface area (TPSA) is 86.7 Å². The molecule has 0 aromatic heterocycles. The third-order valence-electron chi connectivity index (χ3n) is 3.63. The van der Waals surface area contributed by atoms with Crippen LogP contribution in [0.2, 0.25) is 0 Å². The fraction of sp³-hybridized carbons (Fsp3) is 0.400. The van der Waals surface area contributed by atoms with Crippen LogP contribution >= 0.6 is 0 Å². The van der Waals surface area contributed by atoms with Crippen LogP contribution in [0.5, 0.6) is 0 Å². The number of benzene rings is 1. The molecule has 0 atom stereocenters. The van der Waals surface area contributed by atoms with Crippen molar-refractivity contribution in [3.63, 3.8) is 0 Å². The van der Waals surface area contributed by atoms with Gasteiger partial charge in [-0.2, -0.15) is 0 Å². The maximum Gasteiger partial charge on any atom is 0.319 e. The first-order valence-corrected chi connectivity index (χ1v) is 6.69. The van der Waals surface area contributed by atoms with Crippen molar-refractivity contribution >= 4 is 17.8 Å². The summed E-state index contributed by atoms with van der Waals surface area (Å²) >= 11 is 0. The highest BCUT2D eigenvalue weighted by Crippen LogP contribution is 2.46. The van der Waals surface area contributed by atoms with Crippen molar-refractivity contribution in [2.75, 3.05) is 14.1 Å². The van der Waals surface area contributed by atoms with Gasteiger partial charge in [-0.15, -0.1) is 0 Å². The molecule has 1 fully saturated rings. The number of hydrogen-bond acceptors (Lipinski definition) is 3. The fourth-order valence-electron chi connectivity index (χ4n) is 2.09. The van der Waals surface area contributed by atoms with Gasteiger partial charge in [-0.1, -0.05) is 12.1 Å². The van der Waals surface area contributed by atoms with Crippen LogP contribution in [-0.2, 0) is 16.1 Å². The Labute approximate surface area is 122 Å². The summed E-state index contributed by atoms with van der Waals surface area (Å²) in [5.74, 6) is -1.65. The van der Waals surface area contributed by atoms with Crippen LogP contribution < -0.4 is 5.32 Å². The first kappa shape index (κ1) is 15.0. The summed E-state index contributed by atoms with van der Waals surface area (Å²) in [5, 5.41) is 11.7. The number of nitrogens with one attached hydrogen (secondary N) is 1. The van der Waals surface area contributed by atoms with Crippen LogP contribution in [0.15, 0.2) is 24.3 Å². The van der Waals surface area contributed by atoms with E-state index in [9.17, 15) is 14.4 Å². The summed E-state index contributed by atoms with van der Waals surface area (Å²) in [6, 6.07) is 6.92. The molecule has 6 heteroatoms. The number of carbonyl (C=O) groups excluding carboxylic acids is 2. The molecule has 0 unspecified atom stereocenters. The Morgan fingerprint density at radius 1 is 1.29 bits per heavy atom. The Hall–Kier alpha value is -2.37. The van der Waals surface area contributed by atoms with Crippen molar-refractivity contribution in [1.29, 1.82) is 0 Å². The molecule has 0 bridgehead atoms. The predicted molar refractivity (Wildman–Crippen MR) is 75.6 cm³/mol. The molecule has 1 aromatic rings. The van der Waals surface area contributed by atoms with Gasteiger partial charge in [-0.05, 0) is 30.5 Å². The molecule has 2 N–H and O–H groups in total. The predicted octanol–water partition coefficient (Wildman–Crippen LogP) is 0.869. The number of aliphatic carboxylic acids is 1. The van der Waals surface area contributed by atoms with Gasteiger partial charge >= 0.3 is 5.97 Å². The molecule has 1 saturated carbocycles. The zero-order valence-corrected chi connectivity index (χ0v) is 12.0. The van der Waals surface area contributed by atoms with Crippen LogP contribution in [-0.4, -0.2) is 41.9 Å². The van der Waals surface area contributed by atoms with E-state index in [1.807, 2.05) is 0 Å². The fourth-order valence-corrected chi connectivity index (χ4v) is 2.09. The van der Waals surface area contributed by atoms with E-state index in [0.29, 0.717) is 18.4 Å². The molecule has 1 aromatic carbocycles. The number of amides is 2. The van der Waals surface area contributed by atoms with E-state index in [1.54, 1.807) is 38.4 Å². The Bertz CT molecular complexity index is 591. The largest absolute Gasteiger partial charge is 0.480 e. The van der Waals surface area contributed by atoms with Gasteiger partial charge in [0.15, 0.2) is 0 Å². The second-order valence-electron chi connectivity index (χ2n) is 5.47. The van der Waals surface area contributed by atoms with E-state index in [0.717, 1.165) is 5.56 Å². The SMILES string of the molecule is CN(C)C(=O)c1cccc(CNC(=O)C2(C(=O)O)CC2)c1. The van der Waals surface area contributed by atoms with Crippen molar-refractivity contribution in [3.05, 3.63) is 35.4 Å². The first-order chi connectivity index (χ1) is 9.86. The summed E-state index contributed by atoms with van der Waals surface area (Å²) in [7, 11) is 3.33. The Balaban J connectivity index is 2.01. The lowest BCUT2D eigenvalue weighted by molar-refractivity contribution is -0.149. The van der Waals surface area contributed by atoms with E-state index in [2.05, 4.69) is 5.32 Å². The summed E-state index contributed by atoms with van der Waals surface area (Å²) in [6.07, 6.45) is 0.765. The summed E-state index contributed by atoms with van der Waals surface area (Å²) in [6.45, 7) is 0.211. The normalized spacial score (nSPS) is 15.1. The lowest BCUT2D eigenvalue weighted by Crippen LogP contribution is -2.36. The number of nitrogens with zero attached hydrogens (tertiary/aromatic N) is 1. The minimum atomic E-state index is -1.24. The summed E-state index contributed by atoms with van der Waals surface area (Å²) in [4.78, 5) is 36.3. The Kier molecular flexibility index (Phi) is 3.97. The second kappa shape index (κ2) is 5.55. The lowest BCUT2D eigenvalue weighted by Gasteiger charge is -2.13. The first-order valence-electron chi connectivity index (χ1n) is 6.69. The Morgan fingerprint density at radius 2 is 1.95 bits per heavy atom. The molecule has 6 nitrogen and oxygen atoms in total. The van der Waals surface area contributed by atoms with Crippen molar-refractivity contribution in [2.45, 2.75) is 19.4 Å². The van der Waals surface area contributed by atoms with Crippen LogP contribution in [0.1, 0.15) is 28.8 Å². The average Bonchev–Trinajstić information content (AvgIpc) is 3.25. The molecule has 2 amide bonds. The van der Waals surface area contributed by atoms with Crippen molar-refractivity contribution < 1.29 is 19.5 Å².